The van der Waals surface area contributed by atoms with Crippen molar-refractivity contribution in [2.75, 3.05) is 46.3 Å². The largest absolute Gasteiger partial charge is 0.412 e. The number of rotatable bonds is 3. The summed E-state index contributed by atoms with van der Waals surface area (Å²) in [6.45, 7) is 4.16. The Morgan fingerprint density at radius 1 is 1.03 bits per heavy atom. The number of hydrogen-bond donors (Lipinski definition) is 0. The van der Waals surface area contributed by atoms with Gasteiger partial charge in [0.05, 0.1) is 13.1 Å². The van der Waals surface area contributed by atoms with Crippen LogP contribution in [-0.2, 0) is 9.53 Å². The maximum Gasteiger partial charge on any atom is 0.311 e. The molecule has 2 amide bonds. The Bertz CT molecular complexity index is 932. The molecule has 0 aliphatic carbocycles. The van der Waals surface area contributed by atoms with Crippen LogP contribution in [0.5, 0.6) is 0 Å². The second kappa shape index (κ2) is 7.48. The normalized spacial score (nSPS) is 23.6. The SMILES string of the molecule is CN1CCN(C(=O)C2CCC3(CN(C(=O)c4nnc(-c5ccccc5)o4)C3)O2)CC1. The molecule has 3 fully saturated rings. The third-order valence-electron chi connectivity index (χ3n) is 6.22. The van der Waals surface area contributed by atoms with Crippen molar-refractivity contribution in [3.05, 3.63) is 36.2 Å². The number of benzene rings is 1. The van der Waals surface area contributed by atoms with Crippen molar-refractivity contribution in [1.82, 2.24) is 24.9 Å². The van der Waals surface area contributed by atoms with E-state index in [1.165, 1.54) is 0 Å². The molecule has 158 valence electrons. The molecule has 5 rings (SSSR count). The van der Waals surface area contributed by atoms with Gasteiger partial charge in [0.15, 0.2) is 0 Å². The Labute approximate surface area is 174 Å². The average Bonchev–Trinajstić information content (AvgIpc) is 3.41. The Balaban J connectivity index is 1.17. The molecule has 0 saturated carbocycles. The molecule has 9 heteroatoms. The molecule has 0 N–H and O–H groups in total. The zero-order valence-corrected chi connectivity index (χ0v) is 17.0. The number of likely N-dealkylation sites (N-methyl/N-ethyl adjacent to an activating group) is 1. The lowest BCUT2D eigenvalue weighted by Crippen LogP contribution is -2.63. The standard InChI is InChI=1S/C21H25N5O4/c1-24-9-11-25(12-10-24)19(27)16-7-8-21(30-16)13-26(14-21)20(28)18-23-22-17(29-18)15-5-3-2-4-6-15/h2-6,16H,7-14H2,1H3. The molecule has 1 spiro atoms. The summed E-state index contributed by atoms with van der Waals surface area (Å²) in [5, 5.41) is 7.89. The van der Waals surface area contributed by atoms with E-state index in [9.17, 15) is 9.59 Å². The van der Waals surface area contributed by atoms with Crippen molar-refractivity contribution in [3.8, 4) is 11.5 Å². The van der Waals surface area contributed by atoms with E-state index in [0.717, 1.165) is 38.2 Å². The number of ether oxygens (including phenoxy) is 1. The molecular formula is C21H25N5O4. The molecule has 4 heterocycles. The maximum atomic E-state index is 12.8. The van der Waals surface area contributed by atoms with Gasteiger partial charge in [0.1, 0.15) is 11.7 Å². The molecule has 2 aromatic rings. The smallest absolute Gasteiger partial charge is 0.311 e. The molecule has 3 saturated heterocycles. The van der Waals surface area contributed by atoms with E-state index < -0.39 is 11.7 Å². The van der Waals surface area contributed by atoms with Gasteiger partial charge < -0.3 is 23.9 Å². The van der Waals surface area contributed by atoms with Gasteiger partial charge in [-0.25, -0.2) is 0 Å². The first-order valence-corrected chi connectivity index (χ1v) is 10.4. The molecule has 1 aromatic heterocycles. The lowest BCUT2D eigenvalue weighted by Gasteiger charge is -2.46. The number of carbonyl (C=O) groups excluding carboxylic acids is 2. The van der Waals surface area contributed by atoms with Crippen LogP contribution in [0.1, 0.15) is 23.5 Å². The average molecular weight is 411 g/mol. The number of aromatic nitrogens is 2. The van der Waals surface area contributed by atoms with Crippen LogP contribution in [0.4, 0.5) is 0 Å². The summed E-state index contributed by atoms with van der Waals surface area (Å²) < 4.78 is 11.7. The van der Waals surface area contributed by atoms with Gasteiger partial charge in [-0.15, -0.1) is 10.2 Å². The molecular weight excluding hydrogens is 386 g/mol. The minimum Gasteiger partial charge on any atom is -0.412 e. The number of nitrogens with zero attached hydrogens (tertiary/aromatic N) is 5. The topological polar surface area (TPSA) is 92.0 Å². The van der Waals surface area contributed by atoms with Crippen molar-refractivity contribution in [2.24, 2.45) is 0 Å². The minimum atomic E-state index is -0.426. The highest BCUT2D eigenvalue weighted by molar-refractivity contribution is 5.90. The second-order valence-electron chi connectivity index (χ2n) is 8.40. The third-order valence-corrected chi connectivity index (χ3v) is 6.22. The Hall–Kier alpha value is -2.78. The van der Waals surface area contributed by atoms with Crippen LogP contribution in [0.25, 0.3) is 11.5 Å². The summed E-state index contributed by atoms with van der Waals surface area (Å²) in [5.74, 6) is 0.0813. The van der Waals surface area contributed by atoms with Crippen LogP contribution in [0.2, 0.25) is 0 Å². The first-order valence-electron chi connectivity index (χ1n) is 10.4. The van der Waals surface area contributed by atoms with Crippen LogP contribution >= 0.6 is 0 Å². The van der Waals surface area contributed by atoms with Gasteiger partial charge in [0.2, 0.25) is 5.89 Å². The van der Waals surface area contributed by atoms with E-state index in [1.54, 1.807) is 4.90 Å². The number of hydrogen-bond acceptors (Lipinski definition) is 7. The third kappa shape index (κ3) is 3.48. The number of piperazine rings is 1. The zero-order chi connectivity index (χ0) is 20.7. The molecule has 1 unspecified atom stereocenters. The van der Waals surface area contributed by atoms with Crippen LogP contribution in [-0.4, -0.2) is 94.7 Å². The minimum absolute atomic E-state index is 0.0215. The monoisotopic (exact) mass is 411 g/mol. The van der Waals surface area contributed by atoms with Gasteiger partial charge in [-0.2, -0.15) is 0 Å². The van der Waals surface area contributed by atoms with Crippen LogP contribution in [0, 0.1) is 0 Å². The predicted octanol–water partition coefficient (Wildman–Crippen LogP) is 0.884. The first kappa shape index (κ1) is 19.2. The highest BCUT2D eigenvalue weighted by atomic mass is 16.5. The van der Waals surface area contributed by atoms with E-state index in [-0.39, 0.29) is 17.7 Å². The summed E-state index contributed by atoms with van der Waals surface area (Å²) in [7, 11) is 2.06. The summed E-state index contributed by atoms with van der Waals surface area (Å²) in [5.41, 5.74) is 0.346. The molecule has 30 heavy (non-hydrogen) atoms. The van der Waals surface area contributed by atoms with Crippen molar-refractivity contribution in [1.29, 1.82) is 0 Å². The summed E-state index contributed by atoms with van der Waals surface area (Å²) in [6, 6.07) is 9.35. The molecule has 9 nitrogen and oxygen atoms in total. The molecule has 1 atom stereocenters. The van der Waals surface area contributed by atoms with Crippen LogP contribution in [0.3, 0.4) is 0 Å². The van der Waals surface area contributed by atoms with Crippen LogP contribution < -0.4 is 0 Å². The first-order chi connectivity index (χ1) is 14.5. The van der Waals surface area contributed by atoms with Gasteiger partial charge in [-0.1, -0.05) is 18.2 Å². The van der Waals surface area contributed by atoms with Crippen molar-refractivity contribution < 1.29 is 18.7 Å². The Morgan fingerprint density at radius 2 is 1.77 bits per heavy atom. The lowest BCUT2D eigenvalue weighted by atomic mass is 9.90. The van der Waals surface area contributed by atoms with Gasteiger partial charge in [0.25, 0.3) is 5.91 Å². The lowest BCUT2D eigenvalue weighted by molar-refractivity contribution is -0.160. The summed E-state index contributed by atoms with van der Waals surface area (Å²) in [6.07, 6.45) is 1.07. The predicted molar refractivity (Wildman–Crippen MR) is 107 cm³/mol. The summed E-state index contributed by atoms with van der Waals surface area (Å²) >= 11 is 0. The number of likely N-dealkylation sites (tertiary alicyclic amines) is 1. The number of carbonyl (C=O) groups is 2. The maximum absolute atomic E-state index is 12.8. The van der Waals surface area contributed by atoms with Gasteiger partial charge in [0, 0.05) is 31.7 Å². The highest BCUT2D eigenvalue weighted by Gasteiger charge is 2.53. The second-order valence-corrected chi connectivity index (χ2v) is 8.40. The summed E-state index contributed by atoms with van der Waals surface area (Å²) in [4.78, 5) is 31.2. The number of amides is 2. The fraction of sp³-hybridized carbons (Fsp3) is 0.524. The van der Waals surface area contributed by atoms with E-state index in [2.05, 4.69) is 22.1 Å². The Morgan fingerprint density at radius 3 is 2.50 bits per heavy atom. The van der Waals surface area contributed by atoms with E-state index in [1.807, 2.05) is 35.2 Å². The molecule has 1 aromatic carbocycles. The van der Waals surface area contributed by atoms with Gasteiger partial charge in [-0.05, 0) is 32.0 Å². The quantitative estimate of drug-likeness (QED) is 0.740. The van der Waals surface area contributed by atoms with Crippen molar-refractivity contribution >= 4 is 11.8 Å². The fourth-order valence-corrected chi connectivity index (χ4v) is 4.39. The van der Waals surface area contributed by atoms with Crippen molar-refractivity contribution in [2.45, 2.75) is 24.5 Å². The van der Waals surface area contributed by atoms with Crippen LogP contribution in [0.15, 0.2) is 34.7 Å². The van der Waals surface area contributed by atoms with E-state index in [0.29, 0.717) is 25.4 Å². The van der Waals surface area contributed by atoms with Gasteiger partial charge in [-0.3, -0.25) is 9.59 Å². The van der Waals surface area contributed by atoms with E-state index >= 15 is 0 Å². The van der Waals surface area contributed by atoms with Gasteiger partial charge >= 0.3 is 11.8 Å². The fourth-order valence-electron chi connectivity index (χ4n) is 4.39. The highest BCUT2D eigenvalue weighted by Crippen LogP contribution is 2.39. The molecule has 0 radical (unpaired) electrons. The molecule has 3 aliphatic rings. The molecule has 0 bridgehead atoms. The molecule has 3 aliphatic heterocycles. The zero-order valence-electron chi connectivity index (χ0n) is 17.0. The van der Waals surface area contributed by atoms with E-state index in [4.69, 9.17) is 9.15 Å². The van der Waals surface area contributed by atoms with Crippen molar-refractivity contribution in [3.63, 3.8) is 0 Å². The Kier molecular flexibility index (Phi) is 4.79.